The number of methoxy groups -OCH3 is 2. The maximum absolute atomic E-state index is 12.3. The summed E-state index contributed by atoms with van der Waals surface area (Å²) in [5.41, 5.74) is 5.42. The van der Waals surface area contributed by atoms with Crippen LogP contribution in [0.5, 0.6) is 0 Å². The highest BCUT2D eigenvalue weighted by atomic mass is 16.5. The molecule has 0 atom stereocenters. The maximum atomic E-state index is 12.3. The van der Waals surface area contributed by atoms with Crippen LogP contribution in [0.2, 0.25) is 0 Å². The number of ether oxygens (including phenoxy) is 2. The van der Waals surface area contributed by atoms with Gasteiger partial charge in [-0.1, -0.05) is 0 Å². The third-order valence-corrected chi connectivity index (χ3v) is 3.33. The highest BCUT2D eigenvalue weighted by molar-refractivity contribution is 5.85. The normalized spacial score (nSPS) is 16.9. The summed E-state index contributed by atoms with van der Waals surface area (Å²) < 4.78 is 10.0. The van der Waals surface area contributed by atoms with Gasteiger partial charge in [-0.2, -0.15) is 0 Å². The van der Waals surface area contributed by atoms with Crippen molar-refractivity contribution in [2.75, 3.05) is 47.1 Å². The molecule has 0 bridgehead atoms. The second-order valence-corrected chi connectivity index (χ2v) is 4.62. The Hall–Kier alpha value is -0.650. The zero-order chi connectivity index (χ0) is 12.7. The topological polar surface area (TPSA) is 64.8 Å². The molecule has 0 spiro atoms. The molecule has 0 heterocycles. The molecule has 5 nitrogen and oxygen atoms in total. The average Bonchev–Trinajstić information content (AvgIpc) is 3.14. The lowest BCUT2D eigenvalue weighted by Crippen LogP contribution is -2.42. The van der Waals surface area contributed by atoms with Crippen molar-refractivity contribution in [3.63, 3.8) is 0 Å². The van der Waals surface area contributed by atoms with Crippen molar-refractivity contribution in [3.05, 3.63) is 0 Å². The molecule has 5 heteroatoms. The maximum Gasteiger partial charge on any atom is 0.230 e. The number of hydrogen-bond donors (Lipinski definition) is 1. The van der Waals surface area contributed by atoms with Gasteiger partial charge >= 0.3 is 0 Å². The predicted octanol–water partition coefficient (Wildman–Crippen LogP) is 0.237. The highest BCUT2D eigenvalue weighted by Gasteiger charge is 2.50. The van der Waals surface area contributed by atoms with Crippen molar-refractivity contribution < 1.29 is 14.3 Å². The van der Waals surface area contributed by atoms with Crippen LogP contribution < -0.4 is 5.73 Å². The molecule has 1 aliphatic carbocycles. The Kier molecular flexibility index (Phi) is 5.88. The van der Waals surface area contributed by atoms with Crippen molar-refractivity contribution in [1.29, 1.82) is 0 Å². The zero-order valence-corrected chi connectivity index (χ0v) is 10.9. The molecule has 1 fully saturated rings. The molecule has 1 saturated carbocycles. The Bertz CT molecular complexity index is 242. The zero-order valence-electron chi connectivity index (χ0n) is 10.9. The minimum atomic E-state index is -0.263. The quantitative estimate of drug-likeness (QED) is 0.590. The molecule has 0 aromatic carbocycles. The molecule has 1 amide bonds. The minimum Gasteiger partial charge on any atom is -0.385 e. The van der Waals surface area contributed by atoms with Crippen LogP contribution in [0.15, 0.2) is 0 Å². The third-order valence-electron chi connectivity index (χ3n) is 3.33. The molecule has 0 radical (unpaired) electrons. The Balaban J connectivity index is 2.46. The smallest absolute Gasteiger partial charge is 0.230 e. The fraction of sp³-hybridized carbons (Fsp3) is 0.917. The summed E-state index contributed by atoms with van der Waals surface area (Å²) >= 11 is 0. The van der Waals surface area contributed by atoms with Crippen molar-refractivity contribution in [2.45, 2.75) is 19.3 Å². The van der Waals surface area contributed by atoms with Gasteiger partial charge < -0.3 is 20.1 Å². The van der Waals surface area contributed by atoms with Gasteiger partial charge in [0.2, 0.25) is 5.91 Å². The van der Waals surface area contributed by atoms with Crippen LogP contribution in [0.3, 0.4) is 0 Å². The van der Waals surface area contributed by atoms with Gasteiger partial charge in [-0.05, 0) is 19.3 Å². The van der Waals surface area contributed by atoms with E-state index in [-0.39, 0.29) is 11.3 Å². The van der Waals surface area contributed by atoms with E-state index in [9.17, 15) is 4.79 Å². The second-order valence-electron chi connectivity index (χ2n) is 4.62. The number of nitrogens with zero attached hydrogens (tertiary/aromatic N) is 1. The summed E-state index contributed by atoms with van der Waals surface area (Å²) in [7, 11) is 3.32. The Morgan fingerprint density at radius 2 is 1.88 bits per heavy atom. The van der Waals surface area contributed by atoms with Gasteiger partial charge in [0, 0.05) is 40.5 Å². The molecule has 0 aromatic heterocycles. The van der Waals surface area contributed by atoms with Crippen molar-refractivity contribution in [3.8, 4) is 0 Å². The summed E-state index contributed by atoms with van der Waals surface area (Å²) in [6.07, 6.45) is 2.71. The first-order chi connectivity index (χ1) is 8.20. The number of amides is 1. The van der Waals surface area contributed by atoms with Crippen molar-refractivity contribution in [2.24, 2.45) is 11.1 Å². The number of carbonyl (C=O) groups excluding carboxylic acids is 1. The van der Waals surface area contributed by atoms with E-state index in [1.54, 1.807) is 14.2 Å². The van der Waals surface area contributed by atoms with Gasteiger partial charge in [0.15, 0.2) is 0 Å². The largest absolute Gasteiger partial charge is 0.385 e. The number of carbonyl (C=O) groups is 1. The van der Waals surface area contributed by atoms with E-state index in [0.29, 0.717) is 26.3 Å². The lowest BCUT2D eigenvalue weighted by molar-refractivity contribution is -0.137. The van der Waals surface area contributed by atoms with Crippen LogP contribution in [0.4, 0.5) is 0 Å². The molecule has 100 valence electrons. The number of hydrogen-bond acceptors (Lipinski definition) is 4. The average molecular weight is 244 g/mol. The van der Waals surface area contributed by atoms with Crippen LogP contribution in [0.1, 0.15) is 19.3 Å². The van der Waals surface area contributed by atoms with Gasteiger partial charge in [0.1, 0.15) is 0 Å². The van der Waals surface area contributed by atoms with Crippen LogP contribution >= 0.6 is 0 Å². The van der Waals surface area contributed by atoms with E-state index in [0.717, 1.165) is 25.8 Å². The highest BCUT2D eigenvalue weighted by Crippen LogP contribution is 2.46. The van der Waals surface area contributed by atoms with Crippen LogP contribution in [-0.2, 0) is 14.3 Å². The molecule has 2 N–H and O–H groups in total. The van der Waals surface area contributed by atoms with Crippen molar-refractivity contribution in [1.82, 2.24) is 4.90 Å². The Morgan fingerprint density at radius 3 is 2.35 bits per heavy atom. The first-order valence-electron chi connectivity index (χ1n) is 6.17. The van der Waals surface area contributed by atoms with Crippen LogP contribution in [0.25, 0.3) is 0 Å². The third kappa shape index (κ3) is 3.94. The first-order valence-corrected chi connectivity index (χ1v) is 6.17. The lowest BCUT2D eigenvalue weighted by atomic mass is 10.1. The van der Waals surface area contributed by atoms with E-state index in [2.05, 4.69) is 0 Å². The summed E-state index contributed by atoms with van der Waals surface area (Å²) in [5.74, 6) is 0.188. The van der Waals surface area contributed by atoms with Gasteiger partial charge in [-0.15, -0.1) is 0 Å². The second kappa shape index (κ2) is 6.93. The summed E-state index contributed by atoms with van der Waals surface area (Å²) in [5, 5.41) is 0. The molecule has 0 aromatic rings. The van der Waals surface area contributed by atoms with Gasteiger partial charge in [-0.3, -0.25) is 4.79 Å². The molecule has 17 heavy (non-hydrogen) atoms. The molecular weight excluding hydrogens is 220 g/mol. The number of nitrogens with two attached hydrogens (primary N) is 1. The molecule has 0 aliphatic heterocycles. The monoisotopic (exact) mass is 244 g/mol. The van der Waals surface area contributed by atoms with Crippen molar-refractivity contribution >= 4 is 5.91 Å². The van der Waals surface area contributed by atoms with E-state index in [4.69, 9.17) is 15.2 Å². The first kappa shape index (κ1) is 14.4. The van der Waals surface area contributed by atoms with Crippen LogP contribution in [-0.4, -0.2) is 57.9 Å². The Labute approximate surface area is 103 Å². The predicted molar refractivity (Wildman–Crippen MR) is 65.7 cm³/mol. The fourth-order valence-electron chi connectivity index (χ4n) is 1.91. The Morgan fingerprint density at radius 1 is 1.24 bits per heavy atom. The fourth-order valence-corrected chi connectivity index (χ4v) is 1.91. The SMILES string of the molecule is COCCCN(CCOC)C(=O)C1(CN)CC1. The summed E-state index contributed by atoms with van der Waals surface area (Å²) in [6.45, 7) is 3.06. The van der Waals surface area contributed by atoms with E-state index in [1.807, 2.05) is 4.90 Å². The van der Waals surface area contributed by atoms with Crippen LogP contribution in [0, 0.1) is 5.41 Å². The molecular formula is C12H24N2O3. The minimum absolute atomic E-state index is 0.188. The summed E-state index contributed by atoms with van der Waals surface area (Å²) in [6, 6.07) is 0. The van der Waals surface area contributed by atoms with Gasteiger partial charge in [-0.25, -0.2) is 0 Å². The molecule has 0 unspecified atom stereocenters. The van der Waals surface area contributed by atoms with Gasteiger partial charge in [0.25, 0.3) is 0 Å². The number of rotatable bonds is 9. The molecule has 1 rings (SSSR count). The van der Waals surface area contributed by atoms with Gasteiger partial charge in [0.05, 0.1) is 12.0 Å². The standard InChI is InChI=1S/C12H24N2O3/c1-16-8-3-6-14(7-9-17-2)11(15)12(10-13)4-5-12/h3-10,13H2,1-2H3. The molecule has 1 aliphatic rings. The molecule has 0 saturated heterocycles. The lowest BCUT2D eigenvalue weighted by Gasteiger charge is -2.26. The summed E-state index contributed by atoms with van der Waals surface area (Å²) in [4.78, 5) is 14.2. The van der Waals surface area contributed by atoms with E-state index >= 15 is 0 Å². The van der Waals surface area contributed by atoms with E-state index in [1.165, 1.54) is 0 Å². The van der Waals surface area contributed by atoms with E-state index < -0.39 is 0 Å².